The summed E-state index contributed by atoms with van der Waals surface area (Å²) in [6.07, 6.45) is 0. The maximum absolute atomic E-state index is 14.1. The number of nitrogen functional groups attached to an aromatic ring is 1. The zero-order valence-corrected chi connectivity index (χ0v) is 12.2. The highest BCUT2D eigenvalue weighted by atomic mass is 35.5. The van der Waals surface area contributed by atoms with Crippen molar-refractivity contribution in [2.75, 3.05) is 5.73 Å². The van der Waals surface area contributed by atoms with Crippen LogP contribution >= 0.6 is 22.9 Å². The van der Waals surface area contributed by atoms with Gasteiger partial charge in [-0.05, 0) is 24.6 Å². The molecule has 8 heteroatoms. The predicted molar refractivity (Wildman–Crippen MR) is 79.8 cm³/mol. The van der Waals surface area contributed by atoms with Crippen LogP contribution in [0.25, 0.3) is 20.7 Å². The monoisotopic (exact) mass is 327 g/mol. The van der Waals surface area contributed by atoms with Gasteiger partial charge in [0.25, 0.3) is 5.56 Å². The van der Waals surface area contributed by atoms with E-state index in [2.05, 4.69) is 9.97 Å². The molecule has 0 saturated heterocycles. The normalized spacial score (nSPS) is 11.2. The molecule has 108 valence electrons. The van der Waals surface area contributed by atoms with Crippen LogP contribution in [0.2, 0.25) is 5.02 Å². The largest absolute Gasteiger partial charge is 0.369 e. The molecular weight excluding hydrogens is 320 g/mol. The fourth-order valence-electron chi connectivity index (χ4n) is 2.13. The van der Waals surface area contributed by atoms with Gasteiger partial charge < -0.3 is 5.73 Å². The number of nitrogens with zero attached hydrogens (tertiary/aromatic N) is 1. The lowest BCUT2D eigenvalue weighted by molar-refractivity contribution is 0.590. The second-order valence-corrected chi connectivity index (χ2v) is 5.81. The zero-order valence-electron chi connectivity index (χ0n) is 10.6. The number of anilines is 1. The van der Waals surface area contributed by atoms with Crippen LogP contribution in [-0.4, -0.2) is 9.97 Å². The maximum atomic E-state index is 14.1. The Morgan fingerprint density at radius 3 is 2.81 bits per heavy atom. The number of nitrogens with one attached hydrogen (secondary N) is 1. The molecule has 3 rings (SSSR count). The number of aromatic amines is 1. The molecule has 0 aliphatic heterocycles. The highest BCUT2D eigenvalue weighted by Gasteiger charge is 2.22. The Balaban J connectivity index is 2.43. The lowest BCUT2D eigenvalue weighted by Gasteiger charge is -2.05. The van der Waals surface area contributed by atoms with E-state index in [4.69, 9.17) is 17.3 Å². The molecule has 0 spiro atoms. The fourth-order valence-corrected chi connectivity index (χ4v) is 3.52. The van der Waals surface area contributed by atoms with Gasteiger partial charge in [0.2, 0.25) is 5.95 Å². The average Bonchev–Trinajstić information content (AvgIpc) is 2.72. The van der Waals surface area contributed by atoms with Crippen LogP contribution in [0.3, 0.4) is 0 Å². The third-order valence-electron chi connectivity index (χ3n) is 3.09. The molecule has 0 aliphatic rings. The summed E-state index contributed by atoms with van der Waals surface area (Å²) in [5.74, 6) is -1.67. The van der Waals surface area contributed by atoms with Crippen LogP contribution in [0.4, 0.5) is 14.7 Å². The maximum Gasteiger partial charge on any atom is 0.261 e. The Hall–Kier alpha value is -1.99. The quantitative estimate of drug-likeness (QED) is 0.672. The van der Waals surface area contributed by atoms with E-state index in [0.717, 1.165) is 23.5 Å². The van der Waals surface area contributed by atoms with Crippen molar-refractivity contribution >= 4 is 39.1 Å². The van der Waals surface area contributed by atoms with Gasteiger partial charge in [-0.3, -0.25) is 9.78 Å². The van der Waals surface area contributed by atoms with Crippen molar-refractivity contribution < 1.29 is 8.78 Å². The predicted octanol–water partition coefficient (Wildman–Crippen LogP) is 3.47. The van der Waals surface area contributed by atoms with Crippen LogP contribution in [0.5, 0.6) is 0 Å². The number of nitrogens with two attached hydrogens (primary N) is 1. The number of benzene rings is 1. The van der Waals surface area contributed by atoms with Crippen molar-refractivity contribution in [2.24, 2.45) is 0 Å². The second-order valence-electron chi connectivity index (χ2n) is 4.41. The Bertz CT molecular complexity index is 935. The molecule has 1 aromatic carbocycles. The third-order valence-corrected chi connectivity index (χ3v) is 4.59. The number of fused-ring (bicyclic) bond motifs is 1. The molecule has 21 heavy (non-hydrogen) atoms. The highest BCUT2D eigenvalue weighted by molar-refractivity contribution is 7.22. The van der Waals surface area contributed by atoms with E-state index in [1.165, 1.54) is 0 Å². The third kappa shape index (κ3) is 2.09. The van der Waals surface area contributed by atoms with E-state index in [1.54, 1.807) is 6.92 Å². The lowest BCUT2D eigenvalue weighted by Crippen LogP contribution is -2.10. The summed E-state index contributed by atoms with van der Waals surface area (Å²) in [5, 5.41) is 0.0765. The first-order valence-corrected chi connectivity index (χ1v) is 7.02. The topological polar surface area (TPSA) is 71.8 Å². The number of hydrogen-bond acceptors (Lipinski definition) is 4. The van der Waals surface area contributed by atoms with Gasteiger partial charge in [-0.15, -0.1) is 11.3 Å². The van der Waals surface area contributed by atoms with Gasteiger partial charge in [0.15, 0.2) is 5.82 Å². The van der Waals surface area contributed by atoms with Crippen molar-refractivity contribution in [3.05, 3.63) is 44.7 Å². The molecule has 0 fully saturated rings. The molecule has 0 atom stereocenters. The number of hydrogen-bond donors (Lipinski definition) is 2. The summed E-state index contributed by atoms with van der Waals surface area (Å²) in [6, 6.07) is 2.22. The van der Waals surface area contributed by atoms with Crippen molar-refractivity contribution in [3.8, 4) is 10.4 Å². The summed E-state index contributed by atoms with van der Waals surface area (Å²) >= 11 is 6.70. The molecule has 0 bridgehead atoms. The Morgan fingerprint density at radius 2 is 2.10 bits per heavy atom. The molecule has 0 aliphatic carbocycles. The minimum atomic E-state index is -0.865. The van der Waals surface area contributed by atoms with E-state index in [1.807, 2.05) is 0 Å². The van der Waals surface area contributed by atoms with Crippen molar-refractivity contribution in [1.82, 2.24) is 9.97 Å². The lowest BCUT2D eigenvalue weighted by atomic mass is 10.1. The Labute approximate surface area is 126 Å². The Morgan fingerprint density at radius 1 is 1.38 bits per heavy atom. The number of thiophene rings is 1. The smallest absolute Gasteiger partial charge is 0.261 e. The van der Waals surface area contributed by atoms with E-state index >= 15 is 0 Å². The van der Waals surface area contributed by atoms with Crippen LogP contribution in [0, 0.1) is 18.6 Å². The molecular formula is C13H8ClF2N3OS. The van der Waals surface area contributed by atoms with Gasteiger partial charge in [-0.1, -0.05) is 11.6 Å². The summed E-state index contributed by atoms with van der Waals surface area (Å²) in [5.41, 5.74) is 5.20. The summed E-state index contributed by atoms with van der Waals surface area (Å²) in [6.45, 7) is 1.60. The summed E-state index contributed by atoms with van der Waals surface area (Å²) in [7, 11) is 0. The molecule has 2 aromatic heterocycles. The zero-order chi connectivity index (χ0) is 15.3. The van der Waals surface area contributed by atoms with Gasteiger partial charge >= 0.3 is 0 Å². The molecule has 3 N–H and O–H groups in total. The number of H-pyrrole nitrogens is 1. The Kier molecular flexibility index (Phi) is 3.18. The van der Waals surface area contributed by atoms with E-state index in [9.17, 15) is 13.6 Å². The van der Waals surface area contributed by atoms with E-state index < -0.39 is 17.2 Å². The van der Waals surface area contributed by atoms with Crippen LogP contribution < -0.4 is 11.3 Å². The first-order chi connectivity index (χ1) is 9.90. The number of rotatable bonds is 1. The van der Waals surface area contributed by atoms with Crippen LogP contribution in [0.15, 0.2) is 16.9 Å². The van der Waals surface area contributed by atoms with Crippen LogP contribution in [-0.2, 0) is 0 Å². The van der Waals surface area contributed by atoms with Gasteiger partial charge in [-0.25, -0.2) is 13.8 Å². The van der Waals surface area contributed by atoms with Gasteiger partial charge in [0.05, 0.1) is 16.0 Å². The van der Waals surface area contributed by atoms with Gasteiger partial charge in [-0.2, -0.15) is 0 Å². The first-order valence-electron chi connectivity index (χ1n) is 5.83. The number of aryl methyl sites for hydroxylation is 1. The minimum Gasteiger partial charge on any atom is -0.369 e. The van der Waals surface area contributed by atoms with Crippen molar-refractivity contribution in [1.29, 1.82) is 0 Å². The van der Waals surface area contributed by atoms with Crippen LogP contribution in [0.1, 0.15) is 5.56 Å². The van der Waals surface area contributed by atoms with E-state index in [-0.39, 0.29) is 26.8 Å². The summed E-state index contributed by atoms with van der Waals surface area (Å²) < 4.78 is 28.1. The highest BCUT2D eigenvalue weighted by Crippen LogP contribution is 2.39. The fraction of sp³-hybridized carbons (Fsp3) is 0.0769. The molecule has 0 radical (unpaired) electrons. The number of halogens is 3. The van der Waals surface area contributed by atoms with E-state index in [0.29, 0.717) is 10.4 Å². The van der Waals surface area contributed by atoms with Crippen molar-refractivity contribution in [2.45, 2.75) is 6.92 Å². The van der Waals surface area contributed by atoms with Gasteiger partial charge in [0.1, 0.15) is 10.6 Å². The molecule has 0 unspecified atom stereocenters. The minimum absolute atomic E-state index is 0.0488. The summed E-state index contributed by atoms with van der Waals surface area (Å²) in [4.78, 5) is 18.9. The SMILES string of the molecule is Cc1c(-c2c(F)ccc(Cl)c2F)sc2nc(N)[nH]c(=O)c12. The molecule has 0 saturated carbocycles. The van der Waals surface area contributed by atoms with Gasteiger partial charge in [0, 0.05) is 4.88 Å². The molecule has 3 aromatic rings. The standard InChI is InChI=1S/C13H8ClF2N3OS/c1-4-7-11(20)18-13(17)19-12(7)21-10(4)8-6(15)3-2-5(14)9(8)16/h2-3H,1H3,(H3,17,18,19,20). The second kappa shape index (κ2) is 4.78. The first kappa shape index (κ1) is 14.0. The molecule has 2 heterocycles. The number of aromatic nitrogens is 2. The van der Waals surface area contributed by atoms with Crippen molar-refractivity contribution in [3.63, 3.8) is 0 Å². The molecule has 0 amide bonds. The molecule has 4 nitrogen and oxygen atoms in total. The average molecular weight is 328 g/mol.